The first-order valence-electron chi connectivity index (χ1n) is 6.28. The molecule has 7 heteroatoms. The Kier molecular flexibility index (Phi) is 6.92. The molecule has 6 nitrogen and oxygen atoms in total. The van der Waals surface area contributed by atoms with Crippen LogP contribution >= 0.6 is 0 Å². The average Bonchev–Trinajstić information content (AvgIpc) is 2.81. The number of hydrogen-bond acceptors (Lipinski definition) is 4. The quantitative estimate of drug-likeness (QED) is 0.597. The number of sulfonamides is 1. The molecule has 1 heterocycles. The summed E-state index contributed by atoms with van der Waals surface area (Å²) in [6.07, 6.45) is 6.73. The van der Waals surface area contributed by atoms with Gasteiger partial charge in [-0.2, -0.15) is 0 Å². The third kappa shape index (κ3) is 6.73. The molecule has 1 rings (SSSR count). The number of rotatable bonds is 10. The van der Waals surface area contributed by atoms with E-state index in [1.165, 1.54) is 0 Å². The van der Waals surface area contributed by atoms with Gasteiger partial charge in [-0.15, -0.1) is 0 Å². The molecule has 0 amide bonds. The maximum atomic E-state index is 11.6. The van der Waals surface area contributed by atoms with Gasteiger partial charge in [-0.25, -0.2) is 18.1 Å². The molecule has 0 saturated carbocycles. The Labute approximate surface area is 109 Å². The summed E-state index contributed by atoms with van der Waals surface area (Å²) in [7, 11) is -3.13. The lowest BCUT2D eigenvalue weighted by molar-refractivity contribution is 0.566. The molecule has 0 radical (unpaired) electrons. The molecule has 0 fully saturated rings. The zero-order valence-corrected chi connectivity index (χ0v) is 11.6. The van der Waals surface area contributed by atoms with Gasteiger partial charge in [0.05, 0.1) is 12.1 Å². The molecule has 0 aromatic carbocycles. The van der Waals surface area contributed by atoms with E-state index in [1.807, 2.05) is 17.7 Å². The first-order valence-corrected chi connectivity index (χ1v) is 7.93. The van der Waals surface area contributed by atoms with Crippen LogP contribution in [0.1, 0.15) is 19.8 Å². The van der Waals surface area contributed by atoms with Crippen molar-refractivity contribution in [3.63, 3.8) is 0 Å². The molecule has 104 valence electrons. The van der Waals surface area contributed by atoms with Crippen molar-refractivity contribution in [2.24, 2.45) is 0 Å². The molecule has 0 unspecified atom stereocenters. The second-order valence-electron chi connectivity index (χ2n) is 4.07. The molecule has 0 bridgehead atoms. The van der Waals surface area contributed by atoms with Crippen molar-refractivity contribution in [3.8, 4) is 0 Å². The van der Waals surface area contributed by atoms with Crippen molar-refractivity contribution in [1.29, 1.82) is 0 Å². The van der Waals surface area contributed by atoms with Gasteiger partial charge in [0.2, 0.25) is 10.0 Å². The maximum absolute atomic E-state index is 11.6. The molecule has 0 atom stereocenters. The number of imidazole rings is 1. The molecule has 1 aromatic heterocycles. The predicted molar refractivity (Wildman–Crippen MR) is 71.8 cm³/mol. The molecule has 0 aliphatic rings. The summed E-state index contributed by atoms with van der Waals surface area (Å²) in [4.78, 5) is 3.89. The molecular weight excluding hydrogens is 252 g/mol. The van der Waals surface area contributed by atoms with Crippen molar-refractivity contribution in [3.05, 3.63) is 18.7 Å². The SMILES string of the molecule is CCNCCCCS(=O)(=O)NCCn1ccnc1. The summed E-state index contributed by atoms with van der Waals surface area (Å²) in [6.45, 7) is 4.86. The summed E-state index contributed by atoms with van der Waals surface area (Å²) in [6, 6.07) is 0. The summed E-state index contributed by atoms with van der Waals surface area (Å²) in [5.41, 5.74) is 0. The van der Waals surface area contributed by atoms with E-state index in [1.54, 1.807) is 12.5 Å². The highest BCUT2D eigenvalue weighted by atomic mass is 32.2. The number of hydrogen-bond donors (Lipinski definition) is 2. The van der Waals surface area contributed by atoms with Gasteiger partial charge in [0.1, 0.15) is 0 Å². The van der Waals surface area contributed by atoms with Crippen LogP contribution in [0.5, 0.6) is 0 Å². The predicted octanol–water partition coefficient (Wildman–Crippen LogP) is 0.192. The monoisotopic (exact) mass is 274 g/mol. The second kappa shape index (κ2) is 8.23. The van der Waals surface area contributed by atoms with Gasteiger partial charge in [0, 0.05) is 25.5 Å². The Bertz CT molecular complexity index is 403. The highest BCUT2D eigenvalue weighted by Gasteiger charge is 2.08. The molecule has 0 spiro atoms. The summed E-state index contributed by atoms with van der Waals surface area (Å²) in [5.74, 6) is 0.197. The lowest BCUT2D eigenvalue weighted by Gasteiger charge is -2.07. The summed E-state index contributed by atoms with van der Waals surface area (Å²) >= 11 is 0. The van der Waals surface area contributed by atoms with Crippen molar-refractivity contribution in [2.45, 2.75) is 26.3 Å². The molecule has 2 N–H and O–H groups in total. The molecule has 0 aliphatic carbocycles. The van der Waals surface area contributed by atoms with Crippen LogP contribution in [0.25, 0.3) is 0 Å². The van der Waals surface area contributed by atoms with Gasteiger partial charge >= 0.3 is 0 Å². The number of aromatic nitrogens is 2. The average molecular weight is 274 g/mol. The van der Waals surface area contributed by atoms with Crippen LogP contribution < -0.4 is 10.0 Å². The number of nitrogens with zero attached hydrogens (tertiary/aromatic N) is 2. The van der Waals surface area contributed by atoms with Crippen LogP contribution in [-0.4, -0.2) is 43.4 Å². The fraction of sp³-hybridized carbons (Fsp3) is 0.727. The zero-order chi connectivity index (χ0) is 13.3. The highest BCUT2D eigenvalue weighted by molar-refractivity contribution is 7.89. The van der Waals surface area contributed by atoms with E-state index >= 15 is 0 Å². The van der Waals surface area contributed by atoms with Gasteiger partial charge in [-0.3, -0.25) is 0 Å². The van der Waals surface area contributed by atoms with Crippen LogP contribution in [-0.2, 0) is 16.6 Å². The Hall–Kier alpha value is -0.920. The fourth-order valence-electron chi connectivity index (χ4n) is 1.54. The van der Waals surface area contributed by atoms with Gasteiger partial charge in [-0.05, 0) is 25.9 Å². The summed E-state index contributed by atoms with van der Waals surface area (Å²) in [5, 5.41) is 3.17. The molecular formula is C11H22N4O2S. The minimum atomic E-state index is -3.13. The van der Waals surface area contributed by atoms with E-state index in [2.05, 4.69) is 15.0 Å². The second-order valence-corrected chi connectivity index (χ2v) is 6.00. The number of unbranched alkanes of at least 4 members (excludes halogenated alkanes) is 1. The number of nitrogens with one attached hydrogen (secondary N) is 2. The van der Waals surface area contributed by atoms with Crippen molar-refractivity contribution in [2.75, 3.05) is 25.4 Å². The first kappa shape index (κ1) is 15.1. The van der Waals surface area contributed by atoms with Crippen LogP contribution in [0.3, 0.4) is 0 Å². The largest absolute Gasteiger partial charge is 0.336 e. The maximum Gasteiger partial charge on any atom is 0.211 e. The van der Waals surface area contributed by atoms with Gasteiger partial charge in [-0.1, -0.05) is 6.92 Å². The van der Waals surface area contributed by atoms with Crippen LogP contribution in [0.15, 0.2) is 18.7 Å². The topological polar surface area (TPSA) is 76.0 Å². The zero-order valence-electron chi connectivity index (χ0n) is 10.8. The fourth-order valence-corrected chi connectivity index (χ4v) is 2.67. The van der Waals surface area contributed by atoms with Crippen molar-refractivity contribution in [1.82, 2.24) is 19.6 Å². The van der Waals surface area contributed by atoms with E-state index in [0.717, 1.165) is 19.5 Å². The third-order valence-electron chi connectivity index (χ3n) is 2.52. The summed E-state index contributed by atoms with van der Waals surface area (Å²) < 4.78 is 27.7. The van der Waals surface area contributed by atoms with E-state index in [-0.39, 0.29) is 5.75 Å². The van der Waals surface area contributed by atoms with Crippen molar-refractivity contribution < 1.29 is 8.42 Å². The Balaban J connectivity index is 2.11. The van der Waals surface area contributed by atoms with Crippen LogP contribution in [0, 0.1) is 0 Å². The molecule has 0 aliphatic heterocycles. The minimum absolute atomic E-state index is 0.197. The van der Waals surface area contributed by atoms with E-state index in [9.17, 15) is 8.42 Å². The Morgan fingerprint density at radius 2 is 2.11 bits per heavy atom. The lowest BCUT2D eigenvalue weighted by atomic mass is 10.3. The minimum Gasteiger partial charge on any atom is -0.336 e. The third-order valence-corrected chi connectivity index (χ3v) is 3.99. The first-order chi connectivity index (χ1) is 8.64. The molecule has 1 aromatic rings. The Morgan fingerprint density at radius 3 is 2.78 bits per heavy atom. The van der Waals surface area contributed by atoms with E-state index in [0.29, 0.717) is 19.5 Å². The van der Waals surface area contributed by atoms with Gasteiger partial charge in [0.15, 0.2) is 0 Å². The van der Waals surface area contributed by atoms with E-state index in [4.69, 9.17) is 0 Å². The Morgan fingerprint density at radius 1 is 1.28 bits per heavy atom. The normalized spacial score (nSPS) is 11.8. The van der Waals surface area contributed by atoms with Gasteiger partial charge < -0.3 is 9.88 Å². The van der Waals surface area contributed by atoms with Gasteiger partial charge in [0.25, 0.3) is 0 Å². The molecule has 18 heavy (non-hydrogen) atoms. The highest BCUT2D eigenvalue weighted by Crippen LogP contribution is 1.94. The lowest BCUT2D eigenvalue weighted by Crippen LogP contribution is -2.29. The van der Waals surface area contributed by atoms with Crippen LogP contribution in [0.4, 0.5) is 0 Å². The van der Waals surface area contributed by atoms with Crippen LogP contribution in [0.2, 0.25) is 0 Å². The standard InChI is InChI=1S/C11H22N4O2S/c1-2-12-5-3-4-10-18(16,17)14-7-9-15-8-6-13-11-15/h6,8,11-12,14H,2-5,7,9-10H2,1H3. The van der Waals surface area contributed by atoms with Crippen molar-refractivity contribution >= 4 is 10.0 Å². The smallest absolute Gasteiger partial charge is 0.211 e. The molecule has 0 saturated heterocycles. The van der Waals surface area contributed by atoms with E-state index < -0.39 is 10.0 Å².